The van der Waals surface area contributed by atoms with Crippen LogP contribution < -0.4 is 10.2 Å². The molecule has 1 aromatic carbocycles. The fraction of sp³-hybridized carbons (Fsp3) is 0.188. The molecule has 0 bridgehead atoms. The summed E-state index contributed by atoms with van der Waals surface area (Å²) in [5, 5.41) is 2.79. The second-order valence-corrected chi connectivity index (χ2v) is 5.96. The van der Waals surface area contributed by atoms with E-state index in [1.807, 2.05) is 31.1 Å². The number of hydrogen-bond acceptors (Lipinski definition) is 4. The van der Waals surface area contributed by atoms with E-state index in [4.69, 9.17) is 12.2 Å². The van der Waals surface area contributed by atoms with Crippen molar-refractivity contribution < 1.29 is 9.18 Å². The fourth-order valence-electron chi connectivity index (χ4n) is 2.38. The van der Waals surface area contributed by atoms with E-state index in [9.17, 15) is 9.18 Å². The number of carbonyl (C=O) groups excluding carboxylic acids is 1. The van der Waals surface area contributed by atoms with E-state index in [0.717, 1.165) is 11.4 Å². The maximum Gasteiger partial charge on any atom is 0.253 e. The molecule has 0 spiro atoms. The quantitative estimate of drug-likeness (QED) is 0.636. The number of amides is 1. The topological polar surface area (TPSA) is 76.8 Å². The molecule has 0 aliphatic heterocycles. The molecule has 0 fully saturated rings. The van der Waals surface area contributed by atoms with Gasteiger partial charge in [0.05, 0.1) is 16.6 Å². The van der Waals surface area contributed by atoms with E-state index in [0.29, 0.717) is 22.3 Å². The number of nitrogens with zero attached hydrogens (tertiary/aromatic N) is 2. The number of rotatable bonds is 4. The molecule has 3 rings (SSSR count). The van der Waals surface area contributed by atoms with Crippen LogP contribution >= 0.6 is 12.2 Å². The van der Waals surface area contributed by atoms with Crippen molar-refractivity contribution in [2.24, 2.45) is 0 Å². The highest BCUT2D eigenvalue weighted by Crippen LogP contribution is 2.18. The lowest BCUT2D eigenvalue weighted by atomic mass is 10.1. The number of fused-ring (bicyclic) bond motifs is 1. The lowest BCUT2D eigenvalue weighted by Gasteiger charge is -2.12. The first-order valence-electron chi connectivity index (χ1n) is 7.26. The molecular formula is C16H16FN5OS. The summed E-state index contributed by atoms with van der Waals surface area (Å²) in [6.07, 6.45) is 1.68. The van der Waals surface area contributed by atoms with Gasteiger partial charge in [-0.1, -0.05) is 0 Å². The minimum absolute atomic E-state index is 0.208. The first-order valence-corrected chi connectivity index (χ1v) is 7.67. The van der Waals surface area contributed by atoms with Crippen LogP contribution in [0.4, 0.5) is 10.2 Å². The van der Waals surface area contributed by atoms with Gasteiger partial charge in [-0.2, -0.15) is 0 Å². The van der Waals surface area contributed by atoms with Gasteiger partial charge in [-0.05, 0) is 42.0 Å². The molecule has 0 aliphatic rings. The molecular weight excluding hydrogens is 329 g/mol. The van der Waals surface area contributed by atoms with Crippen molar-refractivity contribution in [1.29, 1.82) is 0 Å². The van der Waals surface area contributed by atoms with Gasteiger partial charge in [0.2, 0.25) is 0 Å². The predicted octanol–water partition coefficient (Wildman–Crippen LogP) is 2.76. The van der Waals surface area contributed by atoms with Crippen molar-refractivity contribution in [2.75, 3.05) is 19.0 Å². The molecule has 2 heterocycles. The first-order chi connectivity index (χ1) is 11.4. The number of anilines is 1. The third kappa shape index (κ3) is 3.28. The average Bonchev–Trinajstić information content (AvgIpc) is 2.92. The predicted molar refractivity (Wildman–Crippen MR) is 93.2 cm³/mol. The number of nitrogens with one attached hydrogen (secondary N) is 3. The highest BCUT2D eigenvalue weighted by atomic mass is 32.1. The molecule has 2 aromatic heterocycles. The Morgan fingerprint density at radius 3 is 2.88 bits per heavy atom. The van der Waals surface area contributed by atoms with Crippen molar-refractivity contribution in [3.63, 3.8) is 0 Å². The first kappa shape index (κ1) is 16.1. The summed E-state index contributed by atoms with van der Waals surface area (Å²) >= 11 is 5.01. The van der Waals surface area contributed by atoms with E-state index in [-0.39, 0.29) is 11.5 Å². The van der Waals surface area contributed by atoms with Crippen LogP contribution in [0.25, 0.3) is 11.0 Å². The van der Waals surface area contributed by atoms with Gasteiger partial charge < -0.3 is 20.2 Å². The molecule has 0 radical (unpaired) electrons. The lowest BCUT2D eigenvalue weighted by molar-refractivity contribution is 0.0952. The molecule has 1 amide bonds. The Labute approximate surface area is 142 Å². The van der Waals surface area contributed by atoms with Gasteiger partial charge in [0.25, 0.3) is 5.91 Å². The van der Waals surface area contributed by atoms with Gasteiger partial charge in [-0.25, -0.2) is 9.37 Å². The number of aromatic nitrogens is 3. The molecule has 0 saturated carbocycles. The van der Waals surface area contributed by atoms with E-state index in [2.05, 4.69) is 20.3 Å². The van der Waals surface area contributed by atoms with E-state index in [1.165, 1.54) is 12.1 Å². The number of halogens is 1. The minimum Gasteiger partial charge on any atom is -0.363 e. The Balaban J connectivity index is 1.83. The third-order valence-corrected chi connectivity index (χ3v) is 3.76. The summed E-state index contributed by atoms with van der Waals surface area (Å²) < 4.78 is 14.1. The standard InChI is InChI=1S/C16H16FN5OS/c1-22(2)13-5-9(3-4-18-13)8-19-15(23)11-6-10(17)7-12-14(11)21-16(24)20-12/h3-7H,8H2,1-2H3,(H,19,23)(H2,20,21,24). The smallest absolute Gasteiger partial charge is 0.253 e. The Kier molecular flexibility index (Phi) is 4.30. The van der Waals surface area contributed by atoms with Crippen LogP contribution in [0.5, 0.6) is 0 Å². The summed E-state index contributed by atoms with van der Waals surface area (Å²) in [4.78, 5) is 24.2. The second kappa shape index (κ2) is 6.40. The van der Waals surface area contributed by atoms with Crippen LogP contribution in [-0.2, 0) is 6.54 Å². The molecule has 124 valence electrons. The number of H-pyrrole nitrogens is 2. The van der Waals surface area contributed by atoms with E-state index >= 15 is 0 Å². The van der Waals surface area contributed by atoms with Crippen LogP contribution in [0.15, 0.2) is 30.5 Å². The number of imidazole rings is 1. The number of carbonyl (C=O) groups is 1. The summed E-state index contributed by atoms with van der Waals surface area (Å²) in [5.74, 6) is -0.0886. The zero-order chi connectivity index (χ0) is 17.3. The van der Waals surface area contributed by atoms with Crippen molar-refractivity contribution in [2.45, 2.75) is 6.54 Å². The van der Waals surface area contributed by atoms with Crippen molar-refractivity contribution >= 4 is 35.0 Å². The summed E-state index contributed by atoms with van der Waals surface area (Å²) in [7, 11) is 3.78. The number of hydrogen-bond donors (Lipinski definition) is 3. The summed E-state index contributed by atoms with van der Waals surface area (Å²) in [6.45, 7) is 0.311. The minimum atomic E-state index is -0.503. The monoisotopic (exact) mass is 345 g/mol. The molecule has 0 aliphatic carbocycles. The number of pyridine rings is 1. The van der Waals surface area contributed by atoms with Gasteiger partial charge in [-0.3, -0.25) is 4.79 Å². The molecule has 6 nitrogen and oxygen atoms in total. The Morgan fingerprint density at radius 2 is 2.12 bits per heavy atom. The van der Waals surface area contributed by atoms with Gasteiger partial charge in [0.15, 0.2) is 4.77 Å². The Morgan fingerprint density at radius 1 is 1.33 bits per heavy atom. The molecule has 0 atom stereocenters. The van der Waals surface area contributed by atoms with Gasteiger partial charge in [0.1, 0.15) is 11.6 Å². The molecule has 24 heavy (non-hydrogen) atoms. The molecule has 3 aromatic rings. The average molecular weight is 345 g/mol. The Hall–Kier alpha value is -2.74. The number of benzene rings is 1. The van der Waals surface area contributed by atoms with Gasteiger partial charge in [0, 0.05) is 26.8 Å². The molecule has 8 heteroatoms. The largest absolute Gasteiger partial charge is 0.363 e. The zero-order valence-electron chi connectivity index (χ0n) is 13.2. The maximum atomic E-state index is 13.7. The third-order valence-electron chi connectivity index (χ3n) is 3.56. The van der Waals surface area contributed by atoms with Crippen LogP contribution in [0.3, 0.4) is 0 Å². The van der Waals surface area contributed by atoms with Crippen molar-refractivity contribution in [3.05, 3.63) is 52.2 Å². The highest BCUT2D eigenvalue weighted by Gasteiger charge is 2.14. The normalized spacial score (nSPS) is 10.8. The van der Waals surface area contributed by atoms with Crippen LogP contribution in [0.2, 0.25) is 0 Å². The number of aromatic amines is 2. The Bertz CT molecular complexity index is 963. The fourth-order valence-corrected chi connectivity index (χ4v) is 2.59. The van der Waals surface area contributed by atoms with Crippen LogP contribution in [0, 0.1) is 10.6 Å². The zero-order valence-corrected chi connectivity index (χ0v) is 14.0. The van der Waals surface area contributed by atoms with Crippen molar-refractivity contribution in [3.8, 4) is 0 Å². The van der Waals surface area contributed by atoms with E-state index in [1.54, 1.807) is 6.20 Å². The lowest BCUT2D eigenvalue weighted by Crippen LogP contribution is -2.23. The maximum absolute atomic E-state index is 13.7. The second-order valence-electron chi connectivity index (χ2n) is 5.55. The van der Waals surface area contributed by atoms with Crippen LogP contribution in [0.1, 0.15) is 15.9 Å². The van der Waals surface area contributed by atoms with Crippen LogP contribution in [-0.4, -0.2) is 35.0 Å². The van der Waals surface area contributed by atoms with Gasteiger partial charge >= 0.3 is 0 Å². The molecule has 0 saturated heterocycles. The summed E-state index contributed by atoms with van der Waals surface area (Å²) in [5.41, 5.74) is 2.06. The molecule has 0 unspecified atom stereocenters. The van der Waals surface area contributed by atoms with E-state index < -0.39 is 5.82 Å². The molecule has 3 N–H and O–H groups in total. The van der Waals surface area contributed by atoms with Gasteiger partial charge in [-0.15, -0.1) is 0 Å². The highest BCUT2D eigenvalue weighted by molar-refractivity contribution is 7.71. The SMILES string of the molecule is CN(C)c1cc(CNC(=O)c2cc(F)cc3[nH]c(=S)[nH]c23)ccn1. The van der Waals surface area contributed by atoms with Crippen molar-refractivity contribution in [1.82, 2.24) is 20.3 Å². The summed E-state index contributed by atoms with van der Waals surface area (Å²) in [6, 6.07) is 6.18.